The number of nitrogens with zero attached hydrogens (tertiary/aromatic N) is 2. The zero-order valence-corrected chi connectivity index (χ0v) is 13.2. The number of rotatable bonds is 5. The molecule has 0 amide bonds. The molecule has 20 heavy (non-hydrogen) atoms. The minimum atomic E-state index is -3.32. The van der Waals surface area contributed by atoms with Crippen molar-refractivity contribution in [1.29, 1.82) is 0 Å². The predicted molar refractivity (Wildman–Crippen MR) is 78.4 cm³/mol. The minimum Gasteiger partial charge on any atom is -0.391 e. The van der Waals surface area contributed by atoms with Gasteiger partial charge in [-0.25, -0.2) is 8.42 Å². The normalized spacial score (nSPS) is 19.4. The molecule has 2 rings (SSSR count). The van der Waals surface area contributed by atoms with Crippen molar-refractivity contribution >= 4 is 9.84 Å². The Bertz CT molecular complexity index is 557. The minimum absolute atomic E-state index is 0.264. The highest BCUT2D eigenvalue weighted by Gasteiger charge is 2.38. The van der Waals surface area contributed by atoms with Gasteiger partial charge in [-0.3, -0.25) is 4.68 Å². The Morgan fingerprint density at radius 1 is 1.45 bits per heavy atom. The number of aliphatic hydroxyl groups excluding tert-OH is 1. The fraction of sp³-hybridized carbons (Fsp3) is 0.786. The maximum atomic E-state index is 11.7. The second kappa shape index (κ2) is 5.48. The Kier molecular flexibility index (Phi) is 4.25. The highest BCUT2D eigenvalue weighted by molar-refractivity contribution is 7.92. The standard InChI is InChI=1S/C14H24N2O3S/c1-14(2,20(3,18)19)13(17)10-11-8-9-16(15-11)12-6-4-5-7-12/h8-9,12-13,17H,4-7,10H2,1-3H3. The summed E-state index contributed by atoms with van der Waals surface area (Å²) in [7, 11) is -3.32. The molecule has 6 heteroatoms. The van der Waals surface area contributed by atoms with E-state index in [4.69, 9.17) is 0 Å². The molecule has 0 spiro atoms. The van der Waals surface area contributed by atoms with Crippen LogP contribution in [0.15, 0.2) is 12.3 Å². The van der Waals surface area contributed by atoms with Gasteiger partial charge in [-0.1, -0.05) is 12.8 Å². The lowest BCUT2D eigenvalue weighted by Crippen LogP contribution is -2.44. The van der Waals surface area contributed by atoms with E-state index in [1.54, 1.807) is 13.8 Å². The van der Waals surface area contributed by atoms with E-state index in [1.807, 2.05) is 16.9 Å². The van der Waals surface area contributed by atoms with Gasteiger partial charge < -0.3 is 5.11 Å². The highest BCUT2D eigenvalue weighted by atomic mass is 32.2. The lowest BCUT2D eigenvalue weighted by molar-refractivity contribution is 0.136. The third-order valence-corrected chi connectivity index (χ3v) is 6.71. The Morgan fingerprint density at radius 2 is 2.05 bits per heavy atom. The molecule has 1 aliphatic rings. The van der Waals surface area contributed by atoms with Gasteiger partial charge in [-0.05, 0) is 32.8 Å². The van der Waals surface area contributed by atoms with Crippen LogP contribution in [0.3, 0.4) is 0 Å². The first kappa shape index (κ1) is 15.5. The van der Waals surface area contributed by atoms with Crippen LogP contribution in [0.5, 0.6) is 0 Å². The van der Waals surface area contributed by atoms with E-state index in [9.17, 15) is 13.5 Å². The number of hydrogen-bond donors (Lipinski definition) is 1. The van der Waals surface area contributed by atoms with Gasteiger partial charge in [0.15, 0.2) is 9.84 Å². The lowest BCUT2D eigenvalue weighted by Gasteiger charge is -2.28. The van der Waals surface area contributed by atoms with Crippen LogP contribution in [0.1, 0.15) is 51.3 Å². The molecule has 1 heterocycles. The van der Waals surface area contributed by atoms with Gasteiger partial charge in [0.1, 0.15) is 0 Å². The molecular weight excluding hydrogens is 276 g/mol. The topological polar surface area (TPSA) is 72.2 Å². The zero-order chi connectivity index (χ0) is 15.0. The first-order chi connectivity index (χ1) is 9.22. The number of aromatic nitrogens is 2. The summed E-state index contributed by atoms with van der Waals surface area (Å²) in [6, 6.07) is 2.34. The van der Waals surface area contributed by atoms with Gasteiger partial charge in [0.05, 0.1) is 22.6 Å². The van der Waals surface area contributed by atoms with Crippen LogP contribution >= 0.6 is 0 Å². The van der Waals surface area contributed by atoms with Crippen LogP contribution in [-0.2, 0) is 16.3 Å². The van der Waals surface area contributed by atoms with Crippen LogP contribution in [0.25, 0.3) is 0 Å². The molecule has 1 atom stereocenters. The molecule has 0 radical (unpaired) electrons. The quantitative estimate of drug-likeness (QED) is 0.899. The zero-order valence-electron chi connectivity index (χ0n) is 12.4. The third kappa shape index (κ3) is 3.06. The molecule has 0 aliphatic heterocycles. The Hall–Kier alpha value is -0.880. The number of aliphatic hydroxyl groups is 1. The first-order valence-corrected chi connectivity index (χ1v) is 9.02. The van der Waals surface area contributed by atoms with Crippen molar-refractivity contribution in [2.24, 2.45) is 0 Å². The SMILES string of the molecule is CC(C)(C(O)Cc1ccn(C2CCCC2)n1)S(C)(=O)=O. The average Bonchev–Trinajstić information content (AvgIpc) is 2.96. The lowest BCUT2D eigenvalue weighted by atomic mass is 10.0. The number of hydrogen-bond acceptors (Lipinski definition) is 4. The summed E-state index contributed by atoms with van der Waals surface area (Å²) in [5, 5.41) is 14.7. The molecule has 0 saturated heterocycles. The largest absolute Gasteiger partial charge is 0.391 e. The summed E-state index contributed by atoms with van der Waals surface area (Å²) in [6.07, 6.45) is 7.19. The van der Waals surface area contributed by atoms with Crippen molar-refractivity contribution in [2.45, 2.75) is 62.8 Å². The Labute approximate surface area is 120 Å². The van der Waals surface area contributed by atoms with Gasteiger partial charge in [0.2, 0.25) is 0 Å². The van der Waals surface area contributed by atoms with E-state index in [0.29, 0.717) is 6.04 Å². The van der Waals surface area contributed by atoms with Crippen molar-refractivity contribution in [1.82, 2.24) is 9.78 Å². The van der Waals surface area contributed by atoms with E-state index in [-0.39, 0.29) is 6.42 Å². The maximum Gasteiger partial charge on any atom is 0.155 e. The van der Waals surface area contributed by atoms with E-state index >= 15 is 0 Å². The second-order valence-electron chi connectivity index (χ2n) is 6.32. The number of sulfone groups is 1. The summed E-state index contributed by atoms with van der Waals surface area (Å²) in [5.41, 5.74) is 0.751. The molecule has 114 valence electrons. The van der Waals surface area contributed by atoms with E-state index in [0.717, 1.165) is 24.8 Å². The molecule has 1 saturated carbocycles. The van der Waals surface area contributed by atoms with Gasteiger partial charge in [-0.15, -0.1) is 0 Å². The van der Waals surface area contributed by atoms with Crippen molar-refractivity contribution in [3.8, 4) is 0 Å². The summed E-state index contributed by atoms with van der Waals surface area (Å²) in [4.78, 5) is 0. The Balaban J connectivity index is 2.07. The summed E-state index contributed by atoms with van der Waals surface area (Å²) in [5.74, 6) is 0. The van der Waals surface area contributed by atoms with Gasteiger partial charge >= 0.3 is 0 Å². The molecule has 5 nitrogen and oxygen atoms in total. The highest BCUT2D eigenvalue weighted by Crippen LogP contribution is 2.29. The fourth-order valence-corrected chi connectivity index (χ4v) is 3.13. The van der Waals surface area contributed by atoms with E-state index in [2.05, 4.69) is 5.10 Å². The molecule has 1 unspecified atom stereocenters. The van der Waals surface area contributed by atoms with Crippen molar-refractivity contribution < 1.29 is 13.5 Å². The summed E-state index contributed by atoms with van der Waals surface area (Å²) in [6.45, 7) is 3.11. The molecule has 1 aromatic heterocycles. The fourth-order valence-electron chi connectivity index (χ4n) is 2.55. The summed E-state index contributed by atoms with van der Waals surface area (Å²) >= 11 is 0. The van der Waals surface area contributed by atoms with E-state index in [1.165, 1.54) is 12.8 Å². The monoisotopic (exact) mass is 300 g/mol. The van der Waals surface area contributed by atoms with Gasteiger partial charge in [0, 0.05) is 18.9 Å². The summed E-state index contributed by atoms with van der Waals surface area (Å²) < 4.78 is 24.2. The second-order valence-corrected chi connectivity index (χ2v) is 8.92. The van der Waals surface area contributed by atoms with Gasteiger partial charge in [-0.2, -0.15) is 5.10 Å². The van der Waals surface area contributed by atoms with Crippen molar-refractivity contribution in [3.05, 3.63) is 18.0 Å². The van der Waals surface area contributed by atoms with E-state index < -0.39 is 20.7 Å². The molecule has 0 bridgehead atoms. The third-order valence-electron chi connectivity index (χ3n) is 4.52. The van der Waals surface area contributed by atoms with Crippen LogP contribution in [0, 0.1) is 0 Å². The van der Waals surface area contributed by atoms with Crippen LogP contribution in [0.2, 0.25) is 0 Å². The smallest absolute Gasteiger partial charge is 0.155 e. The van der Waals surface area contributed by atoms with Crippen LogP contribution in [0.4, 0.5) is 0 Å². The molecule has 1 aromatic rings. The van der Waals surface area contributed by atoms with Crippen molar-refractivity contribution in [2.75, 3.05) is 6.26 Å². The molecule has 1 aliphatic carbocycles. The van der Waals surface area contributed by atoms with Crippen LogP contribution in [-0.4, -0.2) is 40.4 Å². The molecule has 0 aromatic carbocycles. The molecular formula is C14H24N2O3S. The molecule has 1 N–H and O–H groups in total. The van der Waals surface area contributed by atoms with Gasteiger partial charge in [0.25, 0.3) is 0 Å². The van der Waals surface area contributed by atoms with Crippen LogP contribution < -0.4 is 0 Å². The predicted octanol–water partition coefficient (Wildman–Crippen LogP) is 1.72. The average molecular weight is 300 g/mol. The first-order valence-electron chi connectivity index (χ1n) is 7.13. The molecule has 1 fully saturated rings. The maximum absolute atomic E-state index is 11.7. The Morgan fingerprint density at radius 3 is 2.60 bits per heavy atom. The van der Waals surface area contributed by atoms with Crippen molar-refractivity contribution in [3.63, 3.8) is 0 Å².